The number of carbonyl (C=O) groups is 1. The summed E-state index contributed by atoms with van der Waals surface area (Å²) >= 11 is 0. The molecule has 3 heteroatoms. The van der Waals surface area contributed by atoms with Crippen molar-refractivity contribution < 1.29 is 4.79 Å². The molecule has 1 amide bonds. The van der Waals surface area contributed by atoms with E-state index in [2.05, 4.69) is 24.1 Å². The summed E-state index contributed by atoms with van der Waals surface area (Å²) in [6.45, 7) is 4.34. The summed E-state index contributed by atoms with van der Waals surface area (Å²) < 4.78 is 0. The average Bonchev–Trinajstić information content (AvgIpc) is 2.46. The van der Waals surface area contributed by atoms with Gasteiger partial charge in [-0.2, -0.15) is 0 Å². The molecule has 0 radical (unpaired) electrons. The van der Waals surface area contributed by atoms with Crippen LogP contribution >= 0.6 is 0 Å². The van der Waals surface area contributed by atoms with Crippen LogP contribution in [0.1, 0.15) is 58.8 Å². The zero-order valence-corrected chi connectivity index (χ0v) is 10.5. The summed E-state index contributed by atoms with van der Waals surface area (Å²) in [7, 11) is 0. The summed E-state index contributed by atoms with van der Waals surface area (Å²) in [5.41, 5.74) is 0. The van der Waals surface area contributed by atoms with Crippen LogP contribution in [-0.4, -0.2) is 29.1 Å². The highest BCUT2D eigenvalue weighted by atomic mass is 16.2. The quantitative estimate of drug-likeness (QED) is 0.777. The smallest absolute Gasteiger partial charge is 0.241 e. The summed E-state index contributed by atoms with van der Waals surface area (Å²) in [5.74, 6) is 0.366. The molecule has 1 N–H and O–H groups in total. The van der Waals surface area contributed by atoms with Crippen LogP contribution in [0.15, 0.2) is 0 Å². The van der Waals surface area contributed by atoms with Crippen molar-refractivity contribution >= 4 is 5.91 Å². The number of carbonyl (C=O) groups excluding carboxylic acids is 1. The number of rotatable bonds is 5. The third-order valence-electron chi connectivity index (χ3n) is 3.89. The molecule has 92 valence electrons. The van der Waals surface area contributed by atoms with Gasteiger partial charge in [0.1, 0.15) is 0 Å². The Morgan fingerprint density at radius 1 is 1.25 bits per heavy atom. The highest BCUT2D eigenvalue weighted by Gasteiger charge is 2.42. The summed E-state index contributed by atoms with van der Waals surface area (Å²) in [5, 5.41) is 3.52. The van der Waals surface area contributed by atoms with Crippen molar-refractivity contribution in [2.45, 2.75) is 77.0 Å². The van der Waals surface area contributed by atoms with Crippen LogP contribution in [-0.2, 0) is 4.79 Å². The van der Waals surface area contributed by atoms with E-state index in [4.69, 9.17) is 0 Å². The molecule has 0 spiro atoms. The fourth-order valence-electron chi connectivity index (χ4n) is 2.81. The van der Waals surface area contributed by atoms with Crippen LogP contribution in [0.2, 0.25) is 0 Å². The van der Waals surface area contributed by atoms with E-state index in [0.717, 1.165) is 25.7 Å². The van der Waals surface area contributed by atoms with Gasteiger partial charge >= 0.3 is 0 Å². The Hall–Kier alpha value is -0.570. The van der Waals surface area contributed by atoms with E-state index in [1.807, 2.05) is 0 Å². The van der Waals surface area contributed by atoms with E-state index < -0.39 is 0 Å². The zero-order chi connectivity index (χ0) is 11.5. The molecule has 0 aromatic rings. The van der Waals surface area contributed by atoms with E-state index in [1.165, 1.54) is 19.3 Å². The minimum absolute atomic E-state index is 0.0992. The Balaban J connectivity index is 2.02. The maximum Gasteiger partial charge on any atom is 0.241 e. The molecule has 16 heavy (non-hydrogen) atoms. The zero-order valence-electron chi connectivity index (χ0n) is 10.5. The van der Waals surface area contributed by atoms with Crippen LogP contribution < -0.4 is 5.32 Å². The van der Waals surface area contributed by atoms with E-state index >= 15 is 0 Å². The van der Waals surface area contributed by atoms with Gasteiger partial charge in [-0.1, -0.05) is 26.7 Å². The van der Waals surface area contributed by atoms with Crippen molar-refractivity contribution in [3.63, 3.8) is 0 Å². The standard InChI is InChI=1S/C13H24N2O/c1-3-6-11-13(16)15(10-8-5-9-10)12(14-11)7-4-2/h10-12,14H,3-9H2,1-2H3. The van der Waals surface area contributed by atoms with Crippen LogP contribution in [0.4, 0.5) is 0 Å². The molecule has 0 bridgehead atoms. The Morgan fingerprint density at radius 3 is 2.44 bits per heavy atom. The van der Waals surface area contributed by atoms with Gasteiger partial charge in [-0.25, -0.2) is 0 Å². The third-order valence-corrected chi connectivity index (χ3v) is 3.89. The first kappa shape index (κ1) is 11.9. The fraction of sp³-hybridized carbons (Fsp3) is 0.923. The fourth-order valence-corrected chi connectivity index (χ4v) is 2.81. The molecule has 3 nitrogen and oxygen atoms in total. The molecule has 1 aliphatic carbocycles. The maximum absolute atomic E-state index is 12.3. The SMILES string of the molecule is CCCC1NC(CCC)N(C2CCC2)C1=O. The van der Waals surface area contributed by atoms with Gasteiger partial charge in [0.05, 0.1) is 12.2 Å². The average molecular weight is 224 g/mol. The van der Waals surface area contributed by atoms with Gasteiger partial charge in [0.2, 0.25) is 5.91 Å². The predicted octanol–water partition coefficient (Wildman–Crippen LogP) is 2.27. The molecule has 2 unspecified atom stereocenters. The van der Waals surface area contributed by atoms with Gasteiger partial charge in [-0.3, -0.25) is 10.1 Å². The molecule has 2 rings (SSSR count). The second-order valence-corrected chi connectivity index (χ2v) is 5.14. The normalized spacial score (nSPS) is 30.9. The lowest BCUT2D eigenvalue weighted by molar-refractivity contribution is -0.134. The first-order valence-electron chi connectivity index (χ1n) is 6.86. The van der Waals surface area contributed by atoms with Crippen molar-refractivity contribution in [2.24, 2.45) is 0 Å². The summed E-state index contributed by atoms with van der Waals surface area (Å²) in [6.07, 6.45) is 8.36. The lowest BCUT2D eigenvalue weighted by Crippen LogP contribution is -2.47. The molecule has 2 aliphatic rings. The number of nitrogens with zero attached hydrogens (tertiary/aromatic N) is 1. The lowest BCUT2D eigenvalue weighted by atomic mass is 9.91. The topological polar surface area (TPSA) is 32.3 Å². The van der Waals surface area contributed by atoms with Crippen LogP contribution in [0, 0.1) is 0 Å². The van der Waals surface area contributed by atoms with E-state index in [1.54, 1.807) is 0 Å². The van der Waals surface area contributed by atoms with Crippen LogP contribution in [0.3, 0.4) is 0 Å². The second-order valence-electron chi connectivity index (χ2n) is 5.14. The van der Waals surface area contributed by atoms with E-state index in [9.17, 15) is 4.79 Å². The Bertz CT molecular complexity index is 250. The highest BCUT2D eigenvalue weighted by Crippen LogP contribution is 2.31. The molecule has 1 aliphatic heterocycles. The Morgan fingerprint density at radius 2 is 1.94 bits per heavy atom. The molecule has 2 atom stereocenters. The molecule has 1 saturated heterocycles. The van der Waals surface area contributed by atoms with Crippen molar-refractivity contribution in [1.82, 2.24) is 10.2 Å². The first-order valence-corrected chi connectivity index (χ1v) is 6.86. The van der Waals surface area contributed by atoms with E-state index in [0.29, 0.717) is 18.1 Å². The Kier molecular flexibility index (Phi) is 3.85. The second kappa shape index (κ2) is 5.17. The molecular formula is C13H24N2O. The van der Waals surface area contributed by atoms with Gasteiger partial charge < -0.3 is 4.90 Å². The number of nitrogens with one attached hydrogen (secondary N) is 1. The first-order chi connectivity index (χ1) is 7.77. The molecule has 1 saturated carbocycles. The van der Waals surface area contributed by atoms with Crippen LogP contribution in [0.25, 0.3) is 0 Å². The van der Waals surface area contributed by atoms with Crippen molar-refractivity contribution in [3.05, 3.63) is 0 Å². The summed E-state index contributed by atoms with van der Waals surface area (Å²) in [4.78, 5) is 14.4. The molecule has 0 aromatic heterocycles. The number of amides is 1. The van der Waals surface area contributed by atoms with Crippen molar-refractivity contribution in [3.8, 4) is 0 Å². The summed E-state index contributed by atoms with van der Waals surface area (Å²) in [6, 6.07) is 0.639. The van der Waals surface area contributed by atoms with Gasteiger partial charge in [0.25, 0.3) is 0 Å². The van der Waals surface area contributed by atoms with Gasteiger partial charge in [-0.15, -0.1) is 0 Å². The highest BCUT2D eigenvalue weighted by molar-refractivity contribution is 5.84. The maximum atomic E-state index is 12.3. The molecule has 2 fully saturated rings. The number of hydrogen-bond acceptors (Lipinski definition) is 2. The van der Waals surface area contributed by atoms with E-state index in [-0.39, 0.29) is 6.04 Å². The monoisotopic (exact) mass is 224 g/mol. The lowest BCUT2D eigenvalue weighted by Gasteiger charge is -2.38. The third kappa shape index (κ3) is 2.10. The Labute approximate surface area is 98.6 Å². The van der Waals surface area contributed by atoms with Crippen molar-refractivity contribution in [2.75, 3.05) is 0 Å². The minimum atomic E-state index is 0.0992. The van der Waals surface area contributed by atoms with Gasteiger partial charge in [-0.05, 0) is 32.1 Å². The minimum Gasteiger partial charge on any atom is -0.323 e. The van der Waals surface area contributed by atoms with Gasteiger partial charge in [0, 0.05) is 6.04 Å². The molecule has 1 heterocycles. The molecule has 0 aromatic carbocycles. The predicted molar refractivity (Wildman–Crippen MR) is 65.0 cm³/mol. The van der Waals surface area contributed by atoms with Gasteiger partial charge in [0.15, 0.2) is 0 Å². The largest absolute Gasteiger partial charge is 0.323 e. The molecular weight excluding hydrogens is 200 g/mol. The van der Waals surface area contributed by atoms with Crippen molar-refractivity contribution in [1.29, 1.82) is 0 Å². The number of hydrogen-bond donors (Lipinski definition) is 1. The van der Waals surface area contributed by atoms with Crippen LogP contribution in [0.5, 0.6) is 0 Å².